The minimum absolute atomic E-state index is 0.0407. The molecule has 6 heteroatoms. The van der Waals surface area contributed by atoms with Gasteiger partial charge in [0.1, 0.15) is 4.83 Å². The smallest absolute Gasteiger partial charge is 0.358 e. The Bertz CT molecular complexity index is 285. The summed E-state index contributed by atoms with van der Waals surface area (Å²) in [5, 5.41) is 6.60. The van der Waals surface area contributed by atoms with Crippen LogP contribution >= 0.6 is 15.9 Å². The van der Waals surface area contributed by atoms with Gasteiger partial charge in [0.2, 0.25) is 0 Å². The van der Waals surface area contributed by atoms with Crippen molar-refractivity contribution in [2.45, 2.75) is 4.83 Å². The molecule has 0 N–H and O–H groups in total. The van der Waals surface area contributed by atoms with Gasteiger partial charge in [0.05, 0.1) is 7.11 Å². The summed E-state index contributed by atoms with van der Waals surface area (Å²) in [7, 11) is 1.23. The molecule has 0 bridgehead atoms. The van der Waals surface area contributed by atoms with Gasteiger partial charge < -0.3 is 4.74 Å². The number of esters is 1. The van der Waals surface area contributed by atoms with Crippen molar-refractivity contribution in [2.24, 2.45) is 10.2 Å². The number of hydrogen-bond donors (Lipinski definition) is 0. The quantitative estimate of drug-likeness (QED) is 0.496. The van der Waals surface area contributed by atoms with Gasteiger partial charge in [-0.3, -0.25) is 4.79 Å². The summed E-state index contributed by atoms with van der Waals surface area (Å²) >= 11 is 3.00. The summed E-state index contributed by atoms with van der Waals surface area (Å²) in [4.78, 5) is 21.0. The highest BCUT2D eigenvalue weighted by Crippen LogP contribution is 2.15. The van der Waals surface area contributed by atoms with Gasteiger partial charge in [0, 0.05) is 0 Å². The first-order valence-electron chi connectivity index (χ1n) is 3.05. The molecule has 0 aliphatic carbocycles. The van der Waals surface area contributed by atoms with E-state index in [1.165, 1.54) is 13.2 Å². The average Bonchev–Trinajstić information content (AvgIpc) is 2.08. The van der Waals surface area contributed by atoms with E-state index in [9.17, 15) is 9.59 Å². The molecule has 0 aromatic heterocycles. The zero-order chi connectivity index (χ0) is 9.14. The molecule has 1 atom stereocenters. The van der Waals surface area contributed by atoms with Crippen LogP contribution in [0.4, 0.5) is 0 Å². The van der Waals surface area contributed by atoms with E-state index >= 15 is 0 Å². The van der Waals surface area contributed by atoms with Gasteiger partial charge in [0.15, 0.2) is 5.70 Å². The van der Waals surface area contributed by atoms with Gasteiger partial charge in [0.25, 0.3) is 5.91 Å². The van der Waals surface area contributed by atoms with E-state index in [1.54, 1.807) is 0 Å². The first kappa shape index (κ1) is 9.05. The molecule has 1 aliphatic heterocycles. The fourth-order valence-electron chi connectivity index (χ4n) is 0.615. The number of hydrogen-bond acceptors (Lipinski definition) is 4. The summed E-state index contributed by atoms with van der Waals surface area (Å²) in [6.45, 7) is 0. The number of amides is 1. The minimum Gasteiger partial charge on any atom is -0.464 e. The highest BCUT2D eigenvalue weighted by molar-refractivity contribution is 9.10. The molecule has 1 rings (SSSR count). The van der Waals surface area contributed by atoms with Crippen LogP contribution in [0, 0.1) is 0 Å². The summed E-state index contributed by atoms with van der Waals surface area (Å²) < 4.78 is 4.38. The number of nitrogens with zero attached hydrogens (tertiary/aromatic N) is 2. The topological polar surface area (TPSA) is 68.1 Å². The number of halogens is 1. The minimum atomic E-state index is -0.601. The van der Waals surface area contributed by atoms with E-state index < -0.39 is 16.7 Å². The monoisotopic (exact) mass is 232 g/mol. The van der Waals surface area contributed by atoms with Crippen LogP contribution in [0.2, 0.25) is 0 Å². The second kappa shape index (κ2) is 3.57. The molecule has 12 heavy (non-hydrogen) atoms. The van der Waals surface area contributed by atoms with Crippen LogP contribution in [-0.2, 0) is 14.3 Å². The zero-order valence-electron chi connectivity index (χ0n) is 6.15. The molecular formula is C6H5BrN2O3. The van der Waals surface area contributed by atoms with Crippen LogP contribution in [-0.4, -0.2) is 23.8 Å². The Kier molecular flexibility index (Phi) is 2.69. The number of ether oxygens (including phenoxy) is 1. The Morgan fingerprint density at radius 2 is 2.33 bits per heavy atom. The Hall–Kier alpha value is -1.04. The lowest BCUT2D eigenvalue weighted by Gasteiger charge is -2.05. The molecule has 0 radical (unpaired) electrons. The van der Waals surface area contributed by atoms with E-state index in [4.69, 9.17) is 0 Å². The van der Waals surface area contributed by atoms with Crippen LogP contribution in [0.25, 0.3) is 0 Å². The Morgan fingerprint density at radius 1 is 1.67 bits per heavy atom. The summed E-state index contributed by atoms with van der Waals surface area (Å²) in [6, 6.07) is 0. The molecule has 1 unspecified atom stereocenters. The number of carbonyl (C=O) groups excluding carboxylic acids is 2. The van der Waals surface area contributed by atoms with E-state index in [0.29, 0.717) is 0 Å². The van der Waals surface area contributed by atoms with Gasteiger partial charge in [-0.25, -0.2) is 4.79 Å². The number of methoxy groups -OCH3 is 1. The fraction of sp³-hybridized carbons (Fsp3) is 0.333. The predicted molar refractivity (Wildman–Crippen MR) is 42.7 cm³/mol. The maximum absolute atomic E-state index is 10.8. The number of alkyl halides is 1. The van der Waals surface area contributed by atoms with Crippen LogP contribution in [0.1, 0.15) is 0 Å². The van der Waals surface area contributed by atoms with Crippen molar-refractivity contribution in [2.75, 3.05) is 7.11 Å². The molecule has 0 aromatic rings. The first-order chi connectivity index (χ1) is 5.65. The van der Waals surface area contributed by atoms with Gasteiger partial charge in [-0.1, -0.05) is 15.9 Å². The molecule has 1 amide bonds. The van der Waals surface area contributed by atoms with Crippen molar-refractivity contribution in [1.29, 1.82) is 0 Å². The van der Waals surface area contributed by atoms with E-state index in [2.05, 4.69) is 30.9 Å². The Morgan fingerprint density at radius 3 is 2.83 bits per heavy atom. The maximum atomic E-state index is 10.8. The zero-order valence-corrected chi connectivity index (χ0v) is 7.74. The lowest BCUT2D eigenvalue weighted by molar-refractivity contribution is -0.136. The van der Waals surface area contributed by atoms with Crippen molar-refractivity contribution in [3.8, 4) is 0 Å². The van der Waals surface area contributed by atoms with E-state index in [-0.39, 0.29) is 5.70 Å². The fourth-order valence-corrected chi connectivity index (χ4v) is 0.957. The van der Waals surface area contributed by atoms with Crippen LogP contribution in [0.15, 0.2) is 22.0 Å². The van der Waals surface area contributed by atoms with Crippen molar-refractivity contribution in [3.63, 3.8) is 0 Å². The summed E-state index contributed by atoms with van der Waals surface area (Å²) in [5.41, 5.74) is 0.0407. The van der Waals surface area contributed by atoms with Gasteiger partial charge in [-0.2, -0.15) is 0 Å². The second-order valence-electron chi connectivity index (χ2n) is 1.98. The van der Waals surface area contributed by atoms with Gasteiger partial charge in [-0.15, -0.1) is 10.2 Å². The third kappa shape index (κ3) is 1.76. The van der Waals surface area contributed by atoms with Crippen molar-refractivity contribution in [1.82, 2.24) is 0 Å². The van der Waals surface area contributed by atoms with Crippen molar-refractivity contribution >= 4 is 27.8 Å². The van der Waals surface area contributed by atoms with Crippen molar-refractivity contribution in [3.05, 3.63) is 11.8 Å². The molecule has 1 heterocycles. The second-order valence-corrected chi connectivity index (χ2v) is 2.97. The molecule has 0 fully saturated rings. The number of carbonyl (C=O) groups is 2. The Balaban J connectivity index is 2.83. The largest absolute Gasteiger partial charge is 0.464 e. The van der Waals surface area contributed by atoms with Crippen LogP contribution < -0.4 is 0 Å². The lowest BCUT2D eigenvalue weighted by Crippen LogP contribution is -2.15. The van der Waals surface area contributed by atoms with Crippen LogP contribution in [0.3, 0.4) is 0 Å². The molecule has 0 saturated carbocycles. The van der Waals surface area contributed by atoms with Crippen LogP contribution in [0.5, 0.6) is 0 Å². The maximum Gasteiger partial charge on any atom is 0.358 e. The molecule has 0 aromatic carbocycles. The number of azo groups is 1. The normalized spacial score (nSPS) is 22.0. The number of rotatable bonds is 1. The molecular weight excluding hydrogens is 228 g/mol. The van der Waals surface area contributed by atoms with Gasteiger partial charge in [-0.05, 0) is 6.08 Å². The predicted octanol–water partition coefficient (Wildman–Crippen LogP) is 0.799. The van der Waals surface area contributed by atoms with Gasteiger partial charge >= 0.3 is 5.97 Å². The SMILES string of the molecule is COC(=O)C1=CC(Br)C(=O)N=N1. The third-order valence-corrected chi connectivity index (χ3v) is 1.85. The molecule has 64 valence electrons. The molecule has 1 aliphatic rings. The average molecular weight is 233 g/mol. The lowest BCUT2D eigenvalue weighted by atomic mass is 10.3. The third-order valence-electron chi connectivity index (χ3n) is 1.19. The highest BCUT2D eigenvalue weighted by Gasteiger charge is 2.21. The summed E-state index contributed by atoms with van der Waals surface area (Å²) in [5.74, 6) is -1.03. The van der Waals surface area contributed by atoms with Crippen molar-refractivity contribution < 1.29 is 14.3 Å². The molecule has 0 spiro atoms. The van der Waals surface area contributed by atoms with E-state index in [1.807, 2.05) is 0 Å². The van der Waals surface area contributed by atoms with E-state index in [0.717, 1.165) is 0 Å². The first-order valence-corrected chi connectivity index (χ1v) is 3.96. The molecule has 0 saturated heterocycles. The standard InChI is InChI=1S/C6H5BrN2O3/c1-12-6(11)4-2-3(7)5(10)9-8-4/h2-3H,1H3. The summed E-state index contributed by atoms with van der Waals surface area (Å²) in [6.07, 6.45) is 1.35. The molecule has 5 nitrogen and oxygen atoms in total. The highest BCUT2D eigenvalue weighted by atomic mass is 79.9. The Labute approximate surface area is 76.6 Å².